The molecule has 0 aromatic heterocycles. The Labute approximate surface area is 73.1 Å². The minimum absolute atomic E-state index is 0.541. The Morgan fingerprint density at radius 3 is 1.55 bits per heavy atom. The van der Waals surface area contributed by atoms with Crippen LogP contribution in [0.15, 0.2) is 0 Å². The van der Waals surface area contributed by atoms with Crippen molar-refractivity contribution in [3.8, 4) is 0 Å². The summed E-state index contributed by atoms with van der Waals surface area (Å²) in [6.45, 7) is 12.0. The molecule has 0 fully saturated rings. The van der Waals surface area contributed by atoms with Gasteiger partial charge < -0.3 is 0 Å². The second kappa shape index (κ2) is 5.14. The fourth-order valence-corrected chi connectivity index (χ4v) is 4.95. The van der Waals surface area contributed by atoms with Crippen LogP contribution in [0.2, 0.25) is 0 Å². The first-order chi connectivity index (χ1) is 5.06. The molecule has 0 amide bonds. The second-order valence-corrected chi connectivity index (χ2v) is 8.91. The van der Waals surface area contributed by atoms with Crippen LogP contribution in [0.5, 0.6) is 0 Å². The van der Waals surface area contributed by atoms with Gasteiger partial charge in [-0.3, -0.25) is 0 Å². The summed E-state index contributed by atoms with van der Waals surface area (Å²) in [5, 5.41) is 0. The van der Waals surface area contributed by atoms with Crippen molar-refractivity contribution in [1.29, 1.82) is 0 Å². The van der Waals surface area contributed by atoms with Gasteiger partial charge in [-0.25, -0.2) is 0 Å². The molecule has 0 aromatic carbocycles. The van der Waals surface area contributed by atoms with E-state index < -0.39 is 7.26 Å². The van der Waals surface area contributed by atoms with Crippen molar-refractivity contribution >= 4 is 7.26 Å². The Hall–Kier alpha value is 0.430. The van der Waals surface area contributed by atoms with Gasteiger partial charge in [0.25, 0.3) is 0 Å². The lowest BCUT2D eigenvalue weighted by molar-refractivity contribution is 0.975. The molecule has 0 aliphatic heterocycles. The SMILES string of the molecule is CCC[P+](C)(CCC)C(C)C. The van der Waals surface area contributed by atoms with Gasteiger partial charge in [0.15, 0.2) is 0 Å². The molecule has 0 bridgehead atoms. The molecule has 0 saturated carbocycles. The largest absolute Gasteiger partial charge is 0.0638 e. The summed E-state index contributed by atoms with van der Waals surface area (Å²) >= 11 is 0. The van der Waals surface area contributed by atoms with Gasteiger partial charge in [0.2, 0.25) is 0 Å². The van der Waals surface area contributed by atoms with Gasteiger partial charge >= 0.3 is 0 Å². The molecule has 1 heteroatoms. The van der Waals surface area contributed by atoms with Gasteiger partial charge in [0.1, 0.15) is 0 Å². The highest BCUT2D eigenvalue weighted by Crippen LogP contribution is 2.60. The van der Waals surface area contributed by atoms with Crippen LogP contribution in [0.1, 0.15) is 40.5 Å². The summed E-state index contributed by atoms with van der Waals surface area (Å²) in [6.07, 6.45) is 5.75. The zero-order valence-electron chi connectivity index (χ0n) is 8.85. The third kappa shape index (κ3) is 3.56. The highest BCUT2D eigenvalue weighted by atomic mass is 31.2. The molecule has 0 unspecified atom stereocenters. The number of hydrogen-bond donors (Lipinski definition) is 0. The van der Waals surface area contributed by atoms with Crippen molar-refractivity contribution in [2.45, 2.75) is 46.2 Å². The lowest BCUT2D eigenvalue weighted by Gasteiger charge is -2.26. The van der Waals surface area contributed by atoms with Crippen LogP contribution < -0.4 is 0 Å². The molecule has 0 atom stereocenters. The minimum atomic E-state index is -0.541. The molecule has 0 nitrogen and oxygen atoms in total. The molecule has 0 aliphatic rings. The zero-order valence-corrected chi connectivity index (χ0v) is 9.75. The van der Waals surface area contributed by atoms with Gasteiger partial charge in [0, 0.05) is 13.9 Å². The lowest BCUT2D eigenvalue weighted by Crippen LogP contribution is -2.11. The Kier molecular flexibility index (Phi) is 5.34. The first-order valence-electron chi connectivity index (χ1n) is 4.91. The summed E-state index contributed by atoms with van der Waals surface area (Å²) in [7, 11) is -0.541. The quantitative estimate of drug-likeness (QED) is 0.556. The average molecular weight is 175 g/mol. The maximum atomic E-state index is 2.55. The normalized spacial score (nSPS) is 12.5. The van der Waals surface area contributed by atoms with E-state index in [1.807, 2.05) is 0 Å². The topological polar surface area (TPSA) is 0 Å². The van der Waals surface area contributed by atoms with Gasteiger partial charge in [0.05, 0.1) is 18.0 Å². The molecule has 11 heavy (non-hydrogen) atoms. The van der Waals surface area contributed by atoms with Crippen LogP contribution >= 0.6 is 7.26 Å². The summed E-state index contributed by atoms with van der Waals surface area (Å²) in [4.78, 5) is 0. The van der Waals surface area contributed by atoms with Crippen molar-refractivity contribution in [1.82, 2.24) is 0 Å². The monoisotopic (exact) mass is 175 g/mol. The van der Waals surface area contributed by atoms with E-state index >= 15 is 0 Å². The van der Waals surface area contributed by atoms with Crippen LogP contribution in [0.3, 0.4) is 0 Å². The van der Waals surface area contributed by atoms with Crippen molar-refractivity contribution in [3.05, 3.63) is 0 Å². The van der Waals surface area contributed by atoms with Gasteiger partial charge in [-0.1, -0.05) is 13.8 Å². The number of rotatable bonds is 5. The highest BCUT2D eigenvalue weighted by molar-refractivity contribution is 7.75. The van der Waals surface area contributed by atoms with Gasteiger partial charge in [-0.15, -0.1) is 0 Å². The smallest absolute Gasteiger partial charge is 0.0619 e. The van der Waals surface area contributed by atoms with Crippen molar-refractivity contribution in [2.24, 2.45) is 0 Å². The third-order valence-electron chi connectivity index (χ3n) is 2.72. The summed E-state index contributed by atoms with van der Waals surface area (Å²) in [6, 6.07) is 0. The Balaban J connectivity index is 4.01. The van der Waals surface area contributed by atoms with Crippen molar-refractivity contribution < 1.29 is 0 Å². The number of hydrogen-bond acceptors (Lipinski definition) is 0. The van der Waals surface area contributed by atoms with Crippen molar-refractivity contribution in [3.63, 3.8) is 0 Å². The molecule has 0 N–H and O–H groups in total. The van der Waals surface area contributed by atoms with E-state index in [9.17, 15) is 0 Å². The van der Waals surface area contributed by atoms with Gasteiger partial charge in [-0.2, -0.15) is 0 Å². The van der Waals surface area contributed by atoms with Crippen LogP contribution in [0.25, 0.3) is 0 Å². The standard InChI is InChI=1S/C10H24P/c1-6-8-11(5,9-7-2)10(3)4/h10H,6-9H2,1-5H3/q+1. The van der Waals surface area contributed by atoms with Crippen LogP contribution in [0, 0.1) is 0 Å². The molecule has 0 radical (unpaired) electrons. The maximum Gasteiger partial charge on any atom is 0.0638 e. The van der Waals surface area contributed by atoms with Crippen LogP contribution in [-0.4, -0.2) is 24.6 Å². The predicted molar refractivity (Wildman–Crippen MR) is 58.3 cm³/mol. The van der Waals surface area contributed by atoms with Crippen molar-refractivity contribution in [2.75, 3.05) is 19.0 Å². The Bertz CT molecular complexity index is 91.0. The molecule has 0 spiro atoms. The summed E-state index contributed by atoms with van der Waals surface area (Å²) in [5.74, 6) is 0. The maximum absolute atomic E-state index is 2.55. The molecule has 0 rings (SSSR count). The van der Waals surface area contributed by atoms with Crippen LogP contribution in [0.4, 0.5) is 0 Å². The fourth-order valence-electron chi connectivity index (χ4n) is 1.65. The van der Waals surface area contributed by atoms with Crippen LogP contribution in [-0.2, 0) is 0 Å². The van der Waals surface area contributed by atoms with E-state index in [0.717, 1.165) is 5.66 Å². The minimum Gasteiger partial charge on any atom is -0.0619 e. The van der Waals surface area contributed by atoms with Gasteiger partial charge in [-0.05, 0) is 26.7 Å². The Morgan fingerprint density at radius 2 is 1.36 bits per heavy atom. The molecular weight excluding hydrogens is 151 g/mol. The average Bonchev–Trinajstić information content (AvgIpc) is 1.88. The molecule has 0 saturated heterocycles. The van der Waals surface area contributed by atoms with E-state index in [0.29, 0.717) is 0 Å². The van der Waals surface area contributed by atoms with E-state index in [1.54, 1.807) is 0 Å². The third-order valence-corrected chi connectivity index (χ3v) is 8.15. The molecule has 68 valence electrons. The van der Waals surface area contributed by atoms with E-state index in [4.69, 9.17) is 0 Å². The predicted octanol–water partition coefficient (Wildman–Crippen LogP) is 3.86. The summed E-state index contributed by atoms with van der Waals surface area (Å²) in [5.41, 5.74) is 0.947. The summed E-state index contributed by atoms with van der Waals surface area (Å²) < 4.78 is 0. The van der Waals surface area contributed by atoms with E-state index in [-0.39, 0.29) is 0 Å². The first kappa shape index (κ1) is 11.4. The molecule has 0 aliphatic carbocycles. The fraction of sp³-hybridized carbons (Fsp3) is 1.00. The zero-order chi connectivity index (χ0) is 8.91. The molecule has 0 aromatic rings. The van der Waals surface area contributed by atoms with E-state index in [2.05, 4.69) is 34.4 Å². The second-order valence-electron chi connectivity index (χ2n) is 4.02. The first-order valence-corrected chi connectivity index (χ1v) is 7.58. The van der Waals surface area contributed by atoms with E-state index in [1.165, 1.54) is 25.2 Å². The molecular formula is C10H24P+. The Morgan fingerprint density at radius 1 is 1.00 bits per heavy atom. The molecule has 0 heterocycles. The lowest BCUT2D eigenvalue weighted by atomic mass is 10.5. The highest BCUT2D eigenvalue weighted by Gasteiger charge is 2.32.